The van der Waals surface area contributed by atoms with Crippen molar-refractivity contribution in [1.29, 1.82) is 0 Å². The lowest BCUT2D eigenvalue weighted by atomic mass is 10.2. The lowest BCUT2D eigenvalue weighted by Gasteiger charge is -2.12. The fourth-order valence-corrected chi connectivity index (χ4v) is 4.17. The molecule has 3 nitrogen and oxygen atoms in total. The Morgan fingerprint density at radius 3 is 2.29 bits per heavy atom. The summed E-state index contributed by atoms with van der Waals surface area (Å²) in [7, 11) is -3.78. The largest absolute Gasteiger partial charge is 0.278 e. The highest BCUT2D eigenvalue weighted by atomic mass is 79.9. The summed E-state index contributed by atoms with van der Waals surface area (Å²) in [6, 6.07) is 7.74. The van der Waals surface area contributed by atoms with Crippen LogP contribution in [0, 0.1) is 6.92 Å². The van der Waals surface area contributed by atoms with Crippen LogP contribution in [0.5, 0.6) is 0 Å². The van der Waals surface area contributed by atoms with Gasteiger partial charge in [-0.25, -0.2) is 8.42 Å². The van der Waals surface area contributed by atoms with Crippen LogP contribution in [0.1, 0.15) is 5.56 Å². The van der Waals surface area contributed by atoms with Gasteiger partial charge in [-0.2, -0.15) is 0 Å². The zero-order valence-electron chi connectivity index (χ0n) is 10.6. The van der Waals surface area contributed by atoms with Crippen LogP contribution in [0.4, 0.5) is 5.69 Å². The summed E-state index contributed by atoms with van der Waals surface area (Å²) in [6.45, 7) is 1.71. The van der Waals surface area contributed by atoms with Crippen LogP contribution in [0.15, 0.2) is 39.7 Å². The maximum atomic E-state index is 12.5. The van der Waals surface area contributed by atoms with Crippen LogP contribution < -0.4 is 4.72 Å². The van der Waals surface area contributed by atoms with E-state index >= 15 is 0 Å². The molecule has 0 spiro atoms. The summed E-state index contributed by atoms with van der Waals surface area (Å²) in [5.41, 5.74) is 0.785. The highest BCUT2D eigenvalue weighted by molar-refractivity contribution is 9.10. The molecule has 2 aromatic rings. The summed E-state index contributed by atoms with van der Waals surface area (Å²) in [5.74, 6) is 0. The molecule has 0 radical (unpaired) electrons. The Hall–Kier alpha value is -0.460. The first kappa shape index (κ1) is 16.9. The van der Waals surface area contributed by atoms with E-state index < -0.39 is 10.0 Å². The number of rotatable bonds is 3. The van der Waals surface area contributed by atoms with E-state index in [0.29, 0.717) is 10.0 Å². The summed E-state index contributed by atoms with van der Waals surface area (Å²) < 4.78 is 28.0. The molecule has 112 valence electrons. The third-order valence-corrected chi connectivity index (χ3v) is 5.73. The second-order valence-electron chi connectivity index (χ2n) is 4.26. The molecular formula is C13H9BrCl3NO2S. The van der Waals surface area contributed by atoms with Gasteiger partial charge < -0.3 is 0 Å². The van der Waals surface area contributed by atoms with E-state index in [1.807, 2.05) is 0 Å². The van der Waals surface area contributed by atoms with Crippen molar-refractivity contribution in [3.63, 3.8) is 0 Å². The molecule has 0 saturated heterocycles. The maximum Gasteiger partial charge on any atom is 0.262 e. The molecule has 2 rings (SSSR count). The third-order valence-electron chi connectivity index (χ3n) is 2.69. The zero-order chi connectivity index (χ0) is 15.8. The summed E-state index contributed by atoms with van der Waals surface area (Å²) in [6.07, 6.45) is 0. The van der Waals surface area contributed by atoms with Gasteiger partial charge in [0.15, 0.2) is 0 Å². The van der Waals surface area contributed by atoms with Crippen LogP contribution in [-0.4, -0.2) is 8.42 Å². The van der Waals surface area contributed by atoms with E-state index in [1.165, 1.54) is 18.2 Å². The van der Waals surface area contributed by atoms with E-state index in [9.17, 15) is 8.42 Å². The quantitative estimate of drug-likeness (QED) is 0.653. The second kappa shape index (κ2) is 6.34. The number of aryl methyl sites for hydroxylation is 1. The van der Waals surface area contributed by atoms with E-state index in [4.69, 9.17) is 34.8 Å². The molecule has 0 aliphatic heterocycles. The molecule has 2 aromatic carbocycles. The molecule has 1 N–H and O–H groups in total. The average Bonchev–Trinajstić information content (AvgIpc) is 2.38. The van der Waals surface area contributed by atoms with Gasteiger partial charge in [0.2, 0.25) is 0 Å². The summed E-state index contributed by atoms with van der Waals surface area (Å²) >= 11 is 20.9. The van der Waals surface area contributed by atoms with Gasteiger partial charge in [-0.3, -0.25) is 4.72 Å². The summed E-state index contributed by atoms with van der Waals surface area (Å²) in [4.78, 5) is 0.152. The van der Waals surface area contributed by atoms with Crippen molar-refractivity contribution in [2.75, 3.05) is 4.72 Å². The molecule has 0 atom stereocenters. The molecule has 0 aliphatic rings. The number of anilines is 1. The monoisotopic (exact) mass is 427 g/mol. The van der Waals surface area contributed by atoms with Gasteiger partial charge in [0, 0.05) is 4.47 Å². The van der Waals surface area contributed by atoms with Gasteiger partial charge in [-0.15, -0.1) is 0 Å². The Morgan fingerprint density at radius 1 is 1.00 bits per heavy atom. The number of hydrogen-bond donors (Lipinski definition) is 1. The first-order valence-corrected chi connectivity index (χ1v) is 9.05. The van der Waals surface area contributed by atoms with Gasteiger partial charge in [0.1, 0.15) is 0 Å². The van der Waals surface area contributed by atoms with Crippen LogP contribution in [0.3, 0.4) is 0 Å². The van der Waals surface area contributed by atoms with Crippen molar-refractivity contribution in [3.05, 3.63) is 55.4 Å². The predicted molar refractivity (Wildman–Crippen MR) is 91.2 cm³/mol. The molecule has 0 heterocycles. The Morgan fingerprint density at radius 2 is 1.62 bits per heavy atom. The summed E-state index contributed by atoms with van der Waals surface area (Å²) in [5, 5.41) is 0.633. The van der Waals surface area contributed by atoms with E-state index in [1.54, 1.807) is 19.1 Å². The fourth-order valence-electron chi connectivity index (χ4n) is 1.66. The molecule has 21 heavy (non-hydrogen) atoms. The van der Waals surface area contributed by atoms with Gasteiger partial charge in [-0.05, 0) is 36.8 Å². The van der Waals surface area contributed by atoms with Crippen LogP contribution in [0.25, 0.3) is 0 Å². The van der Waals surface area contributed by atoms with Crippen LogP contribution >= 0.6 is 50.7 Å². The molecule has 0 unspecified atom stereocenters. The Labute approximate surface area is 146 Å². The van der Waals surface area contributed by atoms with Gasteiger partial charge >= 0.3 is 0 Å². The Balaban J connectivity index is 2.47. The smallest absolute Gasteiger partial charge is 0.262 e. The highest BCUT2D eigenvalue weighted by Crippen LogP contribution is 2.34. The minimum absolute atomic E-state index is 0.152. The lowest BCUT2D eigenvalue weighted by molar-refractivity contribution is 0.600. The van der Waals surface area contributed by atoms with Crippen molar-refractivity contribution in [2.24, 2.45) is 0 Å². The molecule has 8 heteroatoms. The molecule has 0 bridgehead atoms. The number of nitrogens with one attached hydrogen (secondary N) is 1. The van der Waals surface area contributed by atoms with Gasteiger partial charge in [0.25, 0.3) is 10.0 Å². The van der Waals surface area contributed by atoms with Crippen LogP contribution in [0.2, 0.25) is 15.1 Å². The second-order valence-corrected chi connectivity index (χ2v) is 8.05. The predicted octanol–water partition coefficient (Wildman–Crippen LogP) is 5.52. The number of sulfonamides is 1. The van der Waals surface area contributed by atoms with Gasteiger partial charge in [-0.1, -0.05) is 56.8 Å². The maximum absolute atomic E-state index is 12.5. The average molecular weight is 430 g/mol. The molecule has 0 saturated carbocycles. The van der Waals surface area contributed by atoms with Crippen LogP contribution in [-0.2, 0) is 10.0 Å². The van der Waals surface area contributed by atoms with Crippen molar-refractivity contribution >= 4 is 66.4 Å². The number of benzene rings is 2. The Bertz CT molecular complexity index is 809. The van der Waals surface area contributed by atoms with Crippen molar-refractivity contribution in [3.8, 4) is 0 Å². The van der Waals surface area contributed by atoms with E-state index in [0.717, 1.165) is 0 Å². The zero-order valence-corrected chi connectivity index (χ0v) is 15.3. The highest BCUT2D eigenvalue weighted by Gasteiger charge is 2.19. The fraction of sp³-hybridized carbons (Fsp3) is 0.0769. The normalized spacial score (nSPS) is 11.5. The number of hydrogen-bond acceptors (Lipinski definition) is 2. The first-order chi connectivity index (χ1) is 9.70. The SMILES string of the molecule is Cc1ccc(Br)cc1S(=O)(=O)Nc1cc(Cl)c(Cl)cc1Cl. The molecule has 0 aliphatic carbocycles. The lowest BCUT2D eigenvalue weighted by Crippen LogP contribution is -2.14. The molecule has 0 aromatic heterocycles. The van der Waals surface area contributed by atoms with Crippen molar-refractivity contribution < 1.29 is 8.42 Å². The number of halogens is 4. The Kier molecular flexibility index (Phi) is 5.11. The van der Waals surface area contributed by atoms with E-state index in [2.05, 4.69) is 20.7 Å². The van der Waals surface area contributed by atoms with E-state index in [-0.39, 0.29) is 25.7 Å². The molecule has 0 fully saturated rings. The van der Waals surface area contributed by atoms with Crippen molar-refractivity contribution in [1.82, 2.24) is 0 Å². The minimum atomic E-state index is -3.78. The minimum Gasteiger partial charge on any atom is -0.278 e. The van der Waals surface area contributed by atoms with Gasteiger partial charge in [0.05, 0.1) is 25.7 Å². The third kappa shape index (κ3) is 3.85. The first-order valence-electron chi connectivity index (χ1n) is 5.64. The molecular weight excluding hydrogens is 420 g/mol. The molecule has 0 amide bonds. The standard InChI is InChI=1S/C13H9BrCl3NO2S/c1-7-2-3-8(14)4-13(7)21(19,20)18-12-6-10(16)9(15)5-11(12)17/h2-6,18H,1H3. The van der Waals surface area contributed by atoms with Crippen molar-refractivity contribution in [2.45, 2.75) is 11.8 Å². The topological polar surface area (TPSA) is 46.2 Å².